The molecule has 0 unspecified atom stereocenters. The van der Waals surface area contributed by atoms with Crippen molar-refractivity contribution in [3.63, 3.8) is 0 Å². The average molecular weight is 258 g/mol. The van der Waals surface area contributed by atoms with Gasteiger partial charge in [0, 0.05) is 12.4 Å². The van der Waals surface area contributed by atoms with Crippen LogP contribution in [0, 0.1) is 6.92 Å². The molecule has 3 aromatic heterocycles. The molecule has 96 valence electrons. The smallest absolute Gasteiger partial charge is 0.339 e. The molecule has 0 spiro atoms. The van der Waals surface area contributed by atoms with E-state index in [2.05, 4.69) is 20.5 Å². The Bertz CT molecular complexity index is 746. The quantitative estimate of drug-likeness (QED) is 0.618. The third kappa shape index (κ3) is 1.82. The summed E-state index contributed by atoms with van der Waals surface area (Å²) >= 11 is 0. The molecular weight excluding hydrogens is 248 g/mol. The van der Waals surface area contributed by atoms with E-state index in [0.29, 0.717) is 16.9 Å². The molecule has 3 aromatic rings. The predicted molar refractivity (Wildman–Crippen MR) is 64.0 cm³/mol. The minimum absolute atomic E-state index is 0.401. The van der Waals surface area contributed by atoms with Crippen LogP contribution in [0.25, 0.3) is 11.3 Å². The van der Waals surface area contributed by atoms with Gasteiger partial charge in [-0.1, -0.05) is 0 Å². The number of methoxy groups -OCH3 is 1. The first-order valence-corrected chi connectivity index (χ1v) is 5.50. The van der Waals surface area contributed by atoms with Crippen LogP contribution in [0.1, 0.15) is 16.1 Å². The summed E-state index contributed by atoms with van der Waals surface area (Å²) in [5.74, 6) is -0.428. The molecule has 0 saturated heterocycles. The van der Waals surface area contributed by atoms with Crippen LogP contribution in [0.15, 0.2) is 24.8 Å². The van der Waals surface area contributed by atoms with Crippen LogP contribution in [-0.2, 0) is 4.74 Å². The van der Waals surface area contributed by atoms with Gasteiger partial charge in [-0.2, -0.15) is 4.68 Å². The molecule has 0 amide bonds. The number of fused-ring (bicyclic) bond motifs is 1. The lowest BCUT2D eigenvalue weighted by Crippen LogP contribution is -2.07. The summed E-state index contributed by atoms with van der Waals surface area (Å²) in [5, 5.41) is 11.0. The molecule has 8 heteroatoms. The van der Waals surface area contributed by atoms with Gasteiger partial charge in [0.15, 0.2) is 5.65 Å². The number of aryl methyl sites for hydroxylation is 1. The van der Waals surface area contributed by atoms with Crippen molar-refractivity contribution in [3.05, 3.63) is 36.0 Å². The van der Waals surface area contributed by atoms with Crippen molar-refractivity contribution in [3.8, 4) is 5.69 Å². The standard InChI is InChI=1S/C11H10N6O2/c1-7-4-16-5-8(11(18)19-2)3-9(10(16)13-7)17-6-12-14-15-17/h3-6H,1-2H3. The SMILES string of the molecule is COC(=O)c1cc(-n2cnnn2)c2nc(C)cn2c1. The van der Waals surface area contributed by atoms with Gasteiger partial charge in [-0.3, -0.25) is 0 Å². The number of tetrazole rings is 1. The number of nitrogens with zero attached hydrogens (tertiary/aromatic N) is 6. The highest BCUT2D eigenvalue weighted by molar-refractivity contribution is 5.90. The zero-order valence-electron chi connectivity index (χ0n) is 10.3. The van der Waals surface area contributed by atoms with Gasteiger partial charge in [0.25, 0.3) is 0 Å². The Kier molecular flexibility index (Phi) is 2.48. The van der Waals surface area contributed by atoms with Crippen molar-refractivity contribution in [2.24, 2.45) is 0 Å². The van der Waals surface area contributed by atoms with Crippen molar-refractivity contribution in [2.45, 2.75) is 6.92 Å². The van der Waals surface area contributed by atoms with E-state index < -0.39 is 5.97 Å². The van der Waals surface area contributed by atoms with Gasteiger partial charge in [0.05, 0.1) is 18.4 Å². The molecular formula is C11H10N6O2. The van der Waals surface area contributed by atoms with Crippen LogP contribution in [0.5, 0.6) is 0 Å². The highest BCUT2D eigenvalue weighted by Crippen LogP contribution is 2.17. The summed E-state index contributed by atoms with van der Waals surface area (Å²) in [5.41, 5.74) is 2.51. The van der Waals surface area contributed by atoms with E-state index in [1.54, 1.807) is 16.7 Å². The summed E-state index contributed by atoms with van der Waals surface area (Å²) in [6.45, 7) is 1.87. The average Bonchev–Trinajstić information content (AvgIpc) is 3.04. The first kappa shape index (κ1) is 11.3. The van der Waals surface area contributed by atoms with Gasteiger partial charge in [0.2, 0.25) is 0 Å². The van der Waals surface area contributed by atoms with Crippen LogP contribution in [0.2, 0.25) is 0 Å². The highest BCUT2D eigenvalue weighted by Gasteiger charge is 2.14. The fourth-order valence-electron chi connectivity index (χ4n) is 1.87. The lowest BCUT2D eigenvalue weighted by Gasteiger charge is -2.05. The molecule has 0 saturated carbocycles. The monoisotopic (exact) mass is 258 g/mol. The maximum Gasteiger partial charge on any atom is 0.339 e. The Morgan fingerprint density at radius 3 is 2.89 bits per heavy atom. The minimum atomic E-state index is -0.428. The first-order valence-electron chi connectivity index (χ1n) is 5.50. The number of pyridine rings is 1. The lowest BCUT2D eigenvalue weighted by molar-refractivity contribution is 0.0600. The molecule has 0 aliphatic rings. The third-order valence-corrected chi connectivity index (χ3v) is 2.67. The number of carbonyl (C=O) groups is 1. The topological polar surface area (TPSA) is 87.2 Å². The van der Waals surface area contributed by atoms with Crippen LogP contribution < -0.4 is 0 Å². The maximum absolute atomic E-state index is 11.7. The van der Waals surface area contributed by atoms with Crippen LogP contribution in [-0.4, -0.2) is 42.7 Å². The Morgan fingerprint density at radius 1 is 1.37 bits per heavy atom. The van der Waals surface area contributed by atoms with E-state index in [0.717, 1.165) is 5.69 Å². The van der Waals surface area contributed by atoms with Gasteiger partial charge in [-0.15, -0.1) is 5.10 Å². The molecule has 3 heterocycles. The number of hydrogen-bond acceptors (Lipinski definition) is 6. The van der Waals surface area contributed by atoms with Gasteiger partial charge in [-0.05, 0) is 23.4 Å². The fourth-order valence-corrected chi connectivity index (χ4v) is 1.87. The van der Waals surface area contributed by atoms with Crippen molar-refractivity contribution < 1.29 is 9.53 Å². The highest BCUT2D eigenvalue weighted by atomic mass is 16.5. The predicted octanol–water partition coefficient (Wildman–Crippen LogP) is 0.405. The number of aromatic nitrogens is 6. The van der Waals surface area contributed by atoms with Crippen LogP contribution in [0.4, 0.5) is 0 Å². The molecule has 0 aliphatic heterocycles. The number of ether oxygens (including phenoxy) is 1. The van der Waals surface area contributed by atoms with Crippen molar-refractivity contribution in [1.29, 1.82) is 0 Å². The number of rotatable bonds is 2. The van der Waals surface area contributed by atoms with Crippen molar-refractivity contribution >= 4 is 11.6 Å². The van der Waals surface area contributed by atoms with Gasteiger partial charge >= 0.3 is 5.97 Å². The Hall–Kier alpha value is -2.77. The first-order chi connectivity index (χ1) is 9.19. The van der Waals surface area contributed by atoms with E-state index in [1.165, 1.54) is 18.1 Å². The second-order valence-corrected chi connectivity index (χ2v) is 3.97. The van der Waals surface area contributed by atoms with Crippen molar-refractivity contribution in [1.82, 2.24) is 29.6 Å². The Balaban J connectivity index is 2.31. The van der Waals surface area contributed by atoms with Crippen molar-refractivity contribution in [2.75, 3.05) is 7.11 Å². The van der Waals surface area contributed by atoms with E-state index in [4.69, 9.17) is 4.74 Å². The van der Waals surface area contributed by atoms with Crippen LogP contribution in [0.3, 0.4) is 0 Å². The lowest BCUT2D eigenvalue weighted by atomic mass is 10.2. The minimum Gasteiger partial charge on any atom is -0.465 e. The number of carbonyl (C=O) groups excluding carboxylic acids is 1. The fraction of sp³-hybridized carbons (Fsp3) is 0.182. The summed E-state index contributed by atoms with van der Waals surface area (Å²) in [4.78, 5) is 16.1. The summed E-state index contributed by atoms with van der Waals surface area (Å²) in [6, 6.07) is 1.64. The summed E-state index contributed by atoms with van der Waals surface area (Å²) in [6.07, 6.45) is 4.92. The Morgan fingerprint density at radius 2 is 2.21 bits per heavy atom. The largest absolute Gasteiger partial charge is 0.465 e. The Labute approximate surface area is 107 Å². The maximum atomic E-state index is 11.7. The molecule has 0 aliphatic carbocycles. The molecule has 0 N–H and O–H groups in total. The van der Waals surface area contributed by atoms with E-state index in [9.17, 15) is 4.79 Å². The second kappa shape index (κ2) is 4.16. The third-order valence-electron chi connectivity index (χ3n) is 2.67. The molecule has 19 heavy (non-hydrogen) atoms. The van der Waals surface area contributed by atoms with Gasteiger partial charge < -0.3 is 9.14 Å². The normalized spacial score (nSPS) is 10.8. The summed E-state index contributed by atoms with van der Waals surface area (Å²) < 4.78 is 7.93. The summed E-state index contributed by atoms with van der Waals surface area (Å²) in [7, 11) is 1.34. The van der Waals surface area contributed by atoms with Gasteiger partial charge in [0.1, 0.15) is 12.0 Å². The van der Waals surface area contributed by atoms with E-state index in [1.807, 2.05) is 13.1 Å². The second-order valence-electron chi connectivity index (χ2n) is 3.97. The molecule has 0 aromatic carbocycles. The molecule has 0 atom stereocenters. The van der Waals surface area contributed by atoms with E-state index >= 15 is 0 Å². The molecule has 0 radical (unpaired) electrons. The zero-order chi connectivity index (χ0) is 13.4. The number of imidazole rings is 1. The molecule has 3 rings (SSSR count). The number of hydrogen-bond donors (Lipinski definition) is 0. The van der Waals surface area contributed by atoms with E-state index in [-0.39, 0.29) is 0 Å². The molecule has 0 fully saturated rings. The zero-order valence-corrected chi connectivity index (χ0v) is 10.3. The number of esters is 1. The molecule has 0 bridgehead atoms. The molecule has 8 nitrogen and oxygen atoms in total. The van der Waals surface area contributed by atoms with Crippen LogP contribution >= 0.6 is 0 Å². The van der Waals surface area contributed by atoms with Gasteiger partial charge in [-0.25, -0.2) is 9.78 Å².